The molecule has 0 unspecified atom stereocenters. The van der Waals surface area contributed by atoms with Crippen molar-refractivity contribution in [2.45, 2.75) is 64.7 Å². The predicted molar refractivity (Wildman–Crippen MR) is 115 cm³/mol. The van der Waals surface area contributed by atoms with Crippen LogP contribution in [0.4, 0.5) is 0 Å². The molecule has 2 aliphatic heterocycles. The third-order valence-electron chi connectivity index (χ3n) is 5.90. The smallest absolute Gasteiger partial charge is 0.338 e. The van der Waals surface area contributed by atoms with Crippen molar-refractivity contribution in [1.82, 2.24) is 14.5 Å². The number of ether oxygens (including phenoxy) is 2. The van der Waals surface area contributed by atoms with Gasteiger partial charge in [-0.3, -0.25) is 14.2 Å². The Morgan fingerprint density at radius 1 is 1.13 bits per heavy atom. The number of aryl methyl sites for hydroxylation is 1. The van der Waals surface area contributed by atoms with Crippen molar-refractivity contribution < 1.29 is 19.1 Å². The van der Waals surface area contributed by atoms with E-state index in [1.165, 1.54) is 0 Å². The summed E-state index contributed by atoms with van der Waals surface area (Å²) in [7, 11) is 0. The molecule has 2 aliphatic rings. The molecule has 0 saturated carbocycles. The average Bonchev–Trinajstić information content (AvgIpc) is 2.72. The maximum absolute atomic E-state index is 12.9. The van der Waals surface area contributed by atoms with Crippen LogP contribution < -0.4 is 5.56 Å². The Bertz CT molecular complexity index is 1040. The molecule has 0 N–H and O–H groups in total. The number of rotatable bonds is 3. The third kappa shape index (κ3) is 4.79. The Hall–Kier alpha value is -2.74. The summed E-state index contributed by atoms with van der Waals surface area (Å²) in [5, 5.41) is 0.494. The number of carbonyl (C=O) groups excluding carboxylic acids is 2. The normalized spacial score (nSPS) is 21.8. The highest BCUT2D eigenvalue weighted by Crippen LogP contribution is 2.17. The summed E-state index contributed by atoms with van der Waals surface area (Å²) in [5.41, 5.74) is 0.715. The summed E-state index contributed by atoms with van der Waals surface area (Å²) in [5.74, 6) is -0.0689. The van der Waals surface area contributed by atoms with Gasteiger partial charge in [-0.1, -0.05) is 12.8 Å². The van der Waals surface area contributed by atoms with Gasteiger partial charge in [0.2, 0.25) is 0 Å². The Labute approximate surface area is 181 Å². The van der Waals surface area contributed by atoms with Crippen molar-refractivity contribution in [3.63, 3.8) is 0 Å². The van der Waals surface area contributed by atoms with Crippen LogP contribution >= 0.6 is 0 Å². The zero-order valence-electron chi connectivity index (χ0n) is 18.1. The summed E-state index contributed by atoms with van der Waals surface area (Å²) < 4.78 is 12.7. The number of aromatic nitrogens is 2. The van der Waals surface area contributed by atoms with Crippen LogP contribution in [0.25, 0.3) is 10.9 Å². The molecule has 0 bridgehead atoms. The van der Waals surface area contributed by atoms with E-state index in [1.807, 2.05) is 13.8 Å². The first-order chi connectivity index (χ1) is 14.9. The van der Waals surface area contributed by atoms with Crippen LogP contribution in [0.15, 0.2) is 23.0 Å². The molecule has 1 amide bonds. The van der Waals surface area contributed by atoms with Crippen LogP contribution in [0.3, 0.4) is 0 Å². The van der Waals surface area contributed by atoms with E-state index >= 15 is 0 Å². The topological polar surface area (TPSA) is 90.7 Å². The van der Waals surface area contributed by atoms with Gasteiger partial charge in [0.15, 0.2) is 6.61 Å². The summed E-state index contributed by atoms with van der Waals surface area (Å²) in [6, 6.07) is 4.77. The molecule has 1 aromatic heterocycles. The van der Waals surface area contributed by atoms with Crippen LogP contribution in [0.2, 0.25) is 0 Å². The fraction of sp³-hybridized carbons (Fsp3) is 0.565. The van der Waals surface area contributed by atoms with E-state index < -0.39 is 5.97 Å². The zero-order valence-corrected chi connectivity index (χ0v) is 18.1. The number of hydrogen-bond acceptors (Lipinski definition) is 6. The van der Waals surface area contributed by atoms with Crippen molar-refractivity contribution in [3.05, 3.63) is 39.9 Å². The standard InChI is InChI=1S/C23H29N3O5/c1-15-12-25(13-16(2)31-15)21(27)14-30-23(29)17-8-9-18-19(11-17)24-20-7-5-3-4-6-10-26(20)22(18)28/h8-9,11,15-16H,3-7,10,12-14H2,1-2H3/t15-,16-/m1/s1. The monoisotopic (exact) mass is 427 g/mol. The summed E-state index contributed by atoms with van der Waals surface area (Å²) in [4.78, 5) is 44.2. The van der Waals surface area contributed by atoms with Gasteiger partial charge in [-0.05, 0) is 44.9 Å². The van der Waals surface area contributed by atoms with E-state index in [-0.39, 0.29) is 35.8 Å². The van der Waals surface area contributed by atoms with E-state index in [4.69, 9.17) is 9.47 Å². The van der Waals surface area contributed by atoms with Gasteiger partial charge in [0.1, 0.15) is 5.82 Å². The fourth-order valence-electron chi connectivity index (χ4n) is 4.41. The quantitative estimate of drug-likeness (QED) is 0.698. The molecule has 0 aliphatic carbocycles. The highest BCUT2D eigenvalue weighted by molar-refractivity contribution is 5.95. The van der Waals surface area contributed by atoms with E-state index in [0.717, 1.165) is 37.9 Å². The second-order valence-corrected chi connectivity index (χ2v) is 8.51. The molecule has 2 aromatic rings. The first kappa shape index (κ1) is 21.5. The van der Waals surface area contributed by atoms with E-state index in [2.05, 4.69) is 4.98 Å². The van der Waals surface area contributed by atoms with Crippen molar-refractivity contribution in [2.75, 3.05) is 19.7 Å². The van der Waals surface area contributed by atoms with Crippen LogP contribution in [0, 0.1) is 0 Å². The van der Waals surface area contributed by atoms with Gasteiger partial charge >= 0.3 is 5.97 Å². The SMILES string of the molecule is C[C@@H]1CN(C(=O)COC(=O)c2ccc3c(=O)n4c(nc3c2)CCCCCC4)C[C@@H](C)O1. The number of esters is 1. The number of morpholine rings is 1. The van der Waals surface area contributed by atoms with E-state index in [1.54, 1.807) is 27.7 Å². The minimum absolute atomic E-state index is 0.0476. The maximum atomic E-state index is 12.9. The number of benzene rings is 1. The molecule has 3 heterocycles. The number of carbonyl (C=O) groups is 2. The second kappa shape index (κ2) is 9.18. The van der Waals surface area contributed by atoms with Crippen molar-refractivity contribution in [3.8, 4) is 0 Å². The third-order valence-corrected chi connectivity index (χ3v) is 5.90. The molecular weight excluding hydrogens is 398 g/mol. The van der Waals surface area contributed by atoms with E-state index in [0.29, 0.717) is 30.5 Å². The Balaban J connectivity index is 1.49. The molecule has 1 fully saturated rings. The lowest BCUT2D eigenvalue weighted by Crippen LogP contribution is -2.49. The first-order valence-electron chi connectivity index (χ1n) is 11.1. The molecule has 2 atom stereocenters. The van der Waals surface area contributed by atoms with Crippen molar-refractivity contribution in [2.24, 2.45) is 0 Å². The van der Waals surface area contributed by atoms with Gasteiger partial charge in [0, 0.05) is 26.1 Å². The minimum Gasteiger partial charge on any atom is -0.452 e. The van der Waals surface area contributed by atoms with Crippen LogP contribution in [-0.2, 0) is 27.2 Å². The minimum atomic E-state index is -0.599. The number of amides is 1. The summed E-state index contributed by atoms with van der Waals surface area (Å²) in [6.45, 7) is 5.15. The van der Waals surface area contributed by atoms with Crippen molar-refractivity contribution in [1.29, 1.82) is 0 Å². The highest BCUT2D eigenvalue weighted by atomic mass is 16.5. The molecule has 4 rings (SSSR count). The largest absolute Gasteiger partial charge is 0.452 e. The van der Waals surface area contributed by atoms with Crippen LogP contribution in [-0.4, -0.2) is 58.2 Å². The molecule has 1 aromatic carbocycles. The molecular formula is C23H29N3O5. The van der Waals surface area contributed by atoms with Crippen LogP contribution in [0.5, 0.6) is 0 Å². The van der Waals surface area contributed by atoms with Gasteiger partial charge in [0.05, 0.1) is 28.7 Å². The van der Waals surface area contributed by atoms with Gasteiger partial charge in [0.25, 0.3) is 11.5 Å². The second-order valence-electron chi connectivity index (χ2n) is 8.51. The zero-order chi connectivity index (χ0) is 22.0. The molecule has 8 heteroatoms. The number of nitrogens with zero attached hydrogens (tertiary/aromatic N) is 3. The number of hydrogen-bond donors (Lipinski definition) is 0. The van der Waals surface area contributed by atoms with Gasteiger partial charge in [-0.15, -0.1) is 0 Å². The van der Waals surface area contributed by atoms with Gasteiger partial charge in [-0.2, -0.15) is 0 Å². The Morgan fingerprint density at radius 2 is 1.87 bits per heavy atom. The fourth-order valence-corrected chi connectivity index (χ4v) is 4.41. The summed E-state index contributed by atoms with van der Waals surface area (Å²) in [6.07, 6.45) is 4.89. The van der Waals surface area contributed by atoms with Gasteiger partial charge in [-0.25, -0.2) is 9.78 Å². The maximum Gasteiger partial charge on any atom is 0.338 e. The highest BCUT2D eigenvalue weighted by Gasteiger charge is 2.26. The molecule has 1 saturated heterocycles. The Kier molecular flexibility index (Phi) is 6.36. The average molecular weight is 428 g/mol. The molecule has 0 spiro atoms. The lowest BCUT2D eigenvalue weighted by Gasteiger charge is -2.35. The van der Waals surface area contributed by atoms with Crippen molar-refractivity contribution >= 4 is 22.8 Å². The molecule has 166 valence electrons. The first-order valence-corrected chi connectivity index (χ1v) is 11.1. The predicted octanol–water partition coefficient (Wildman–Crippen LogP) is 2.31. The molecule has 0 radical (unpaired) electrons. The Morgan fingerprint density at radius 3 is 2.65 bits per heavy atom. The summed E-state index contributed by atoms with van der Waals surface area (Å²) >= 11 is 0. The van der Waals surface area contributed by atoms with Gasteiger partial charge < -0.3 is 14.4 Å². The lowest BCUT2D eigenvalue weighted by molar-refractivity contribution is -0.146. The molecule has 8 nitrogen and oxygen atoms in total. The number of fused-ring (bicyclic) bond motifs is 2. The van der Waals surface area contributed by atoms with E-state index in [9.17, 15) is 14.4 Å². The molecule has 31 heavy (non-hydrogen) atoms. The van der Waals surface area contributed by atoms with Crippen LogP contribution in [0.1, 0.15) is 55.7 Å². The lowest BCUT2D eigenvalue weighted by atomic mass is 10.1.